The number of ether oxygens (including phenoxy) is 2. The van der Waals surface area contributed by atoms with E-state index in [-0.39, 0.29) is 18.4 Å². The van der Waals surface area contributed by atoms with Crippen LogP contribution in [0.1, 0.15) is 18.1 Å². The first kappa shape index (κ1) is 17.8. The number of amides is 2. The maximum atomic E-state index is 12.0. The molecule has 1 aliphatic rings. The number of anilines is 1. The summed E-state index contributed by atoms with van der Waals surface area (Å²) in [7, 11) is 1.60. The Bertz CT molecular complexity index is 802. The van der Waals surface area contributed by atoms with Crippen LogP contribution < -0.4 is 19.7 Å². The smallest absolute Gasteiger partial charge is 0.258 e. The topological polar surface area (TPSA) is 67.9 Å². The molecule has 0 spiro atoms. The molecule has 3 rings (SSSR count). The molecule has 0 aromatic heterocycles. The number of carbonyl (C=O) groups is 2. The fraction of sp³-hybridized carbons (Fsp3) is 0.300. The Labute approximate surface area is 152 Å². The van der Waals surface area contributed by atoms with Gasteiger partial charge in [0.15, 0.2) is 6.61 Å². The molecule has 0 saturated carbocycles. The molecule has 0 bridgehead atoms. The predicted octanol–water partition coefficient (Wildman–Crippen LogP) is 2.30. The van der Waals surface area contributed by atoms with Gasteiger partial charge in [0.25, 0.3) is 5.91 Å². The minimum absolute atomic E-state index is 0.0462. The van der Waals surface area contributed by atoms with Gasteiger partial charge in [0, 0.05) is 25.7 Å². The number of hydrogen-bond donors (Lipinski definition) is 1. The van der Waals surface area contributed by atoms with Gasteiger partial charge in [0.1, 0.15) is 11.5 Å². The SMILES string of the molecule is COc1ccc(OCC(=O)NCc2ccc3c(c2)CCN3C(C)=O)cc1. The van der Waals surface area contributed by atoms with E-state index in [9.17, 15) is 9.59 Å². The summed E-state index contributed by atoms with van der Waals surface area (Å²) in [6.45, 7) is 2.68. The Morgan fingerprint density at radius 2 is 1.85 bits per heavy atom. The van der Waals surface area contributed by atoms with E-state index in [0.29, 0.717) is 12.3 Å². The van der Waals surface area contributed by atoms with Gasteiger partial charge in [-0.2, -0.15) is 0 Å². The Kier molecular flexibility index (Phi) is 5.41. The Morgan fingerprint density at radius 1 is 1.12 bits per heavy atom. The van der Waals surface area contributed by atoms with Gasteiger partial charge in [0.05, 0.1) is 7.11 Å². The largest absolute Gasteiger partial charge is 0.497 e. The highest BCUT2D eigenvalue weighted by atomic mass is 16.5. The number of nitrogens with one attached hydrogen (secondary N) is 1. The number of hydrogen-bond acceptors (Lipinski definition) is 4. The van der Waals surface area contributed by atoms with E-state index in [2.05, 4.69) is 5.32 Å². The summed E-state index contributed by atoms with van der Waals surface area (Å²) in [6, 6.07) is 13.0. The first-order valence-corrected chi connectivity index (χ1v) is 8.50. The predicted molar refractivity (Wildman–Crippen MR) is 98.5 cm³/mol. The van der Waals surface area contributed by atoms with Crippen molar-refractivity contribution < 1.29 is 19.1 Å². The molecular formula is C20H22N2O4. The van der Waals surface area contributed by atoms with Crippen LogP contribution >= 0.6 is 0 Å². The average Bonchev–Trinajstić information content (AvgIpc) is 3.08. The monoisotopic (exact) mass is 354 g/mol. The van der Waals surface area contributed by atoms with E-state index in [0.717, 1.165) is 35.5 Å². The highest BCUT2D eigenvalue weighted by Gasteiger charge is 2.22. The van der Waals surface area contributed by atoms with Crippen LogP contribution in [0.2, 0.25) is 0 Å². The molecule has 0 atom stereocenters. The molecule has 0 unspecified atom stereocenters. The first-order chi connectivity index (χ1) is 12.6. The summed E-state index contributed by atoms with van der Waals surface area (Å²) in [5, 5.41) is 2.85. The molecule has 0 radical (unpaired) electrons. The molecule has 1 heterocycles. The van der Waals surface area contributed by atoms with Gasteiger partial charge in [-0.1, -0.05) is 12.1 Å². The lowest BCUT2D eigenvalue weighted by molar-refractivity contribution is -0.123. The lowest BCUT2D eigenvalue weighted by atomic mass is 10.1. The maximum Gasteiger partial charge on any atom is 0.258 e. The molecule has 136 valence electrons. The van der Waals surface area contributed by atoms with Crippen LogP contribution in [-0.2, 0) is 22.6 Å². The molecule has 1 N–H and O–H groups in total. The summed E-state index contributed by atoms with van der Waals surface area (Å²) in [4.78, 5) is 25.3. The first-order valence-electron chi connectivity index (χ1n) is 8.50. The third-order valence-corrected chi connectivity index (χ3v) is 4.34. The van der Waals surface area contributed by atoms with Crippen LogP contribution in [-0.4, -0.2) is 32.1 Å². The van der Waals surface area contributed by atoms with Crippen molar-refractivity contribution in [1.29, 1.82) is 0 Å². The van der Waals surface area contributed by atoms with Crippen molar-refractivity contribution in [2.45, 2.75) is 19.9 Å². The van der Waals surface area contributed by atoms with Gasteiger partial charge in [-0.25, -0.2) is 0 Å². The molecule has 26 heavy (non-hydrogen) atoms. The van der Waals surface area contributed by atoms with Gasteiger partial charge in [0.2, 0.25) is 5.91 Å². The van der Waals surface area contributed by atoms with E-state index in [1.165, 1.54) is 0 Å². The standard InChI is InChI=1S/C20H22N2O4/c1-14(23)22-10-9-16-11-15(3-8-19(16)22)12-21-20(24)13-26-18-6-4-17(25-2)5-7-18/h3-8,11H,9-10,12-13H2,1-2H3,(H,21,24). The van der Waals surface area contributed by atoms with Gasteiger partial charge >= 0.3 is 0 Å². The number of methoxy groups -OCH3 is 1. The molecule has 0 saturated heterocycles. The Hall–Kier alpha value is -3.02. The Balaban J connectivity index is 1.49. The highest BCUT2D eigenvalue weighted by molar-refractivity contribution is 5.93. The zero-order valence-corrected chi connectivity index (χ0v) is 15.0. The minimum atomic E-state index is -0.188. The van der Waals surface area contributed by atoms with Gasteiger partial charge in [-0.05, 0) is 47.9 Å². The number of benzene rings is 2. The second-order valence-electron chi connectivity index (χ2n) is 6.12. The highest BCUT2D eigenvalue weighted by Crippen LogP contribution is 2.28. The van der Waals surface area contributed by atoms with Gasteiger partial charge < -0.3 is 19.7 Å². The van der Waals surface area contributed by atoms with Crippen molar-refractivity contribution in [3.63, 3.8) is 0 Å². The van der Waals surface area contributed by atoms with E-state index < -0.39 is 0 Å². The molecule has 6 heteroatoms. The number of carbonyl (C=O) groups excluding carboxylic acids is 2. The van der Waals surface area contributed by atoms with Crippen molar-refractivity contribution in [2.24, 2.45) is 0 Å². The van der Waals surface area contributed by atoms with Crippen LogP contribution in [0.3, 0.4) is 0 Å². The minimum Gasteiger partial charge on any atom is -0.497 e. The van der Waals surface area contributed by atoms with Gasteiger partial charge in [-0.3, -0.25) is 9.59 Å². The normalized spacial score (nSPS) is 12.5. The second kappa shape index (κ2) is 7.91. The third-order valence-electron chi connectivity index (χ3n) is 4.34. The summed E-state index contributed by atoms with van der Waals surface area (Å²) in [5.74, 6) is 1.22. The summed E-state index contributed by atoms with van der Waals surface area (Å²) in [6.07, 6.45) is 0.845. The van der Waals surface area contributed by atoms with Crippen LogP contribution in [0.25, 0.3) is 0 Å². The van der Waals surface area contributed by atoms with E-state index >= 15 is 0 Å². The Morgan fingerprint density at radius 3 is 2.54 bits per heavy atom. The van der Waals surface area contributed by atoms with Crippen LogP contribution in [0.4, 0.5) is 5.69 Å². The van der Waals surface area contributed by atoms with E-state index in [1.54, 1.807) is 43.2 Å². The zero-order chi connectivity index (χ0) is 18.5. The fourth-order valence-corrected chi connectivity index (χ4v) is 2.96. The van der Waals surface area contributed by atoms with Crippen molar-refractivity contribution in [1.82, 2.24) is 5.32 Å². The van der Waals surface area contributed by atoms with Crippen molar-refractivity contribution in [3.8, 4) is 11.5 Å². The molecule has 2 amide bonds. The molecule has 6 nitrogen and oxygen atoms in total. The molecular weight excluding hydrogens is 332 g/mol. The van der Waals surface area contributed by atoms with Crippen LogP contribution in [0, 0.1) is 0 Å². The van der Waals surface area contributed by atoms with Crippen molar-refractivity contribution in [2.75, 3.05) is 25.2 Å². The third kappa shape index (κ3) is 4.14. The van der Waals surface area contributed by atoms with E-state index in [4.69, 9.17) is 9.47 Å². The lowest BCUT2D eigenvalue weighted by Crippen LogP contribution is -2.28. The molecule has 2 aromatic carbocycles. The van der Waals surface area contributed by atoms with E-state index in [1.807, 2.05) is 18.2 Å². The number of fused-ring (bicyclic) bond motifs is 1. The average molecular weight is 354 g/mol. The fourth-order valence-electron chi connectivity index (χ4n) is 2.96. The summed E-state index contributed by atoms with van der Waals surface area (Å²) < 4.78 is 10.5. The van der Waals surface area contributed by atoms with Crippen molar-refractivity contribution >= 4 is 17.5 Å². The lowest BCUT2D eigenvalue weighted by Gasteiger charge is -2.15. The number of nitrogens with zero attached hydrogens (tertiary/aromatic N) is 1. The molecule has 0 fully saturated rings. The molecule has 0 aliphatic carbocycles. The number of rotatable bonds is 6. The summed E-state index contributed by atoms with van der Waals surface area (Å²) >= 11 is 0. The van der Waals surface area contributed by atoms with Crippen molar-refractivity contribution in [3.05, 3.63) is 53.6 Å². The summed E-state index contributed by atoms with van der Waals surface area (Å²) in [5.41, 5.74) is 3.11. The second-order valence-corrected chi connectivity index (χ2v) is 6.12. The maximum absolute atomic E-state index is 12.0. The van der Waals surface area contributed by atoms with Crippen LogP contribution in [0.5, 0.6) is 11.5 Å². The van der Waals surface area contributed by atoms with Crippen LogP contribution in [0.15, 0.2) is 42.5 Å². The molecule has 1 aliphatic heterocycles. The zero-order valence-electron chi connectivity index (χ0n) is 15.0. The molecule has 2 aromatic rings. The quantitative estimate of drug-likeness (QED) is 0.864. The van der Waals surface area contributed by atoms with Gasteiger partial charge in [-0.15, -0.1) is 0 Å².